The molecule has 8 heteroatoms. The molecule has 0 radical (unpaired) electrons. The Morgan fingerprint density at radius 3 is 2.23 bits per heavy atom. The second-order valence-corrected chi connectivity index (χ2v) is 6.62. The quantitative estimate of drug-likeness (QED) is 0.631. The first-order chi connectivity index (χ1) is 14.3. The maximum atomic E-state index is 12.3. The minimum atomic E-state index is -0.712. The molecular formula is C22H26N2O6. The third-order valence-corrected chi connectivity index (χ3v) is 4.46. The highest BCUT2D eigenvalue weighted by Crippen LogP contribution is 2.22. The number of carbonyl (C=O) groups is 3. The summed E-state index contributed by atoms with van der Waals surface area (Å²) in [7, 11) is 4.59. The summed E-state index contributed by atoms with van der Waals surface area (Å²) in [5, 5.41) is 2.45. The minimum Gasteiger partial charge on any atom is -0.497 e. The van der Waals surface area contributed by atoms with Crippen LogP contribution in [-0.2, 0) is 20.9 Å². The molecular weight excluding hydrogens is 388 g/mol. The van der Waals surface area contributed by atoms with Gasteiger partial charge < -0.3 is 24.4 Å². The second-order valence-electron chi connectivity index (χ2n) is 6.62. The van der Waals surface area contributed by atoms with Gasteiger partial charge in [-0.3, -0.25) is 14.4 Å². The van der Waals surface area contributed by atoms with Crippen LogP contribution in [0.1, 0.15) is 21.5 Å². The maximum Gasteiger partial charge on any atom is 0.325 e. The van der Waals surface area contributed by atoms with Crippen LogP contribution in [0.2, 0.25) is 0 Å². The fourth-order valence-electron chi connectivity index (χ4n) is 2.63. The van der Waals surface area contributed by atoms with Crippen LogP contribution < -0.4 is 14.8 Å². The molecule has 0 saturated carbocycles. The highest BCUT2D eigenvalue weighted by Gasteiger charge is 2.15. The molecule has 0 saturated heterocycles. The molecule has 2 amide bonds. The van der Waals surface area contributed by atoms with Crippen LogP contribution in [0.3, 0.4) is 0 Å². The highest BCUT2D eigenvalue weighted by molar-refractivity contribution is 5.96. The lowest BCUT2D eigenvalue weighted by Gasteiger charge is -2.18. The van der Waals surface area contributed by atoms with Gasteiger partial charge in [0.25, 0.3) is 11.8 Å². The SMILES string of the molecule is COc1cc(OC)cc(C(=O)NCC(=O)OCC(=O)N(C)Cc2ccccc2C)c1. The molecule has 30 heavy (non-hydrogen) atoms. The molecule has 0 aliphatic carbocycles. The number of nitrogens with one attached hydrogen (secondary N) is 1. The Labute approximate surface area is 175 Å². The van der Waals surface area contributed by atoms with E-state index in [9.17, 15) is 14.4 Å². The normalized spacial score (nSPS) is 10.1. The highest BCUT2D eigenvalue weighted by atomic mass is 16.5. The van der Waals surface area contributed by atoms with E-state index in [-0.39, 0.29) is 18.0 Å². The van der Waals surface area contributed by atoms with Gasteiger partial charge in [0.2, 0.25) is 0 Å². The topological polar surface area (TPSA) is 94.2 Å². The molecule has 0 heterocycles. The number of hydrogen-bond donors (Lipinski definition) is 1. The summed E-state index contributed by atoms with van der Waals surface area (Å²) in [6.45, 7) is 1.61. The fraction of sp³-hybridized carbons (Fsp3) is 0.318. The zero-order chi connectivity index (χ0) is 22.1. The van der Waals surface area contributed by atoms with E-state index in [1.165, 1.54) is 31.3 Å². The lowest BCUT2D eigenvalue weighted by Crippen LogP contribution is -2.34. The first-order valence-electron chi connectivity index (χ1n) is 9.29. The maximum absolute atomic E-state index is 12.3. The predicted molar refractivity (Wildman–Crippen MR) is 110 cm³/mol. The van der Waals surface area contributed by atoms with Gasteiger partial charge in [-0.2, -0.15) is 0 Å². The summed E-state index contributed by atoms with van der Waals surface area (Å²) >= 11 is 0. The Balaban J connectivity index is 1.81. The van der Waals surface area contributed by atoms with E-state index in [2.05, 4.69) is 5.32 Å². The molecule has 0 spiro atoms. The number of likely N-dealkylation sites (N-methyl/N-ethyl adjacent to an activating group) is 1. The van der Waals surface area contributed by atoms with Crippen molar-refractivity contribution < 1.29 is 28.6 Å². The molecule has 0 aliphatic heterocycles. The largest absolute Gasteiger partial charge is 0.497 e. The van der Waals surface area contributed by atoms with Gasteiger partial charge in [0.15, 0.2) is 6.61 Å². The number of ether oxygens (including phenoxy) is 3. The minimum absolute atomic E-state index is 0.271. The van der Waals surface area contributed by atoms with Gasteiger partial charge in [0, 0.05) is 25.2 Å². The Kier molecular flexibility index (Phi) is 8.22. The molecule has 160 valence electrons. The van der Waals surface area contributed by atoms with Crippen LogP contribution in [-0.4, -0.2) is 57.1 Å². The number of aryl methyl sites for hydroxylation is 1. The lowest BCUT2D eigenvalue weighted by atomic mass is 10.1. The van der Waals surface area contributed by atoms with Crippen LogP contribution in [0.15, 0.2) is 42.5 Å². The number of amides is 2. The van der Waals surface area contributed by atoms with Gasteiger partial charge in [-0.25, -0.2) is 0 Å². The van der Waals surface area contributed by atoms with Gasteiger partial charge in [0.05, 0.1) is 14.2 Å². The second kappa shape index (κ2) is 10.8. The summed E-state index contributed by atoms with van der Waals surface area (Å²) < 4.78 is 15.2. The smallest absolute Gasteiger partial charge is 0.325 e. The van der Waals surface area contributed by atoms with Gasteiger partial charge in [-0.1, -0.05) is 24.3 Å². The van der Waals surface area contributed by atoms with E-state index in [0.29, 0.717) is 18.0 Å². The van der Waals surface area contributed by atoms with E-state index in [0.717, 1.165) is 11.1 Å². The molecule has 0 unspecified atom stereocenters. The van der Waals surface area contributed by atoms with Crippen molar-refractivity contribution in [1.29, 1.82) is 0 Å². The summed E-state index contributed by atoms with van der Waals surface area (Å²) in [4.78, 5) is 37.8. The van der Waals surface area contributed by atoms with Crippen LogP contribution in [0.4, 0.5) is 0 Å². The third kappa shape index (κ3) is 6.51. The van der Waals surface area contributed by atoms with Crippen molar-refractivity contribution in [3.8, 4) is 11.5 Å². The standard InChI is InChI=1S/C22H26N2O6/c1-15-7-5-6-8-16(15)13-24(2)20(25)14-30-21(26)12-23-22(27)17-9-18(28-3)11-19(10-17)29-4/h5-11H,12-14H2,1-4H3,(H,23,27). The Morgan fingerprint density at radius 1 is 1.00 bits per heavy atom. The predicted octanol–water partition coefficient (Wildman–Crippen LogP) is 1.94. The molecule has 2 aromatic rings. The van der Waals surface area contributed by atoms with Crippen molar-refractivity contribution in [2.24, 2.45) is 0 Å². The van der Waals surface area contributed by atoms with Crippen molar-refractivity contribution in [1.82, 2.24) is 10.2 Å². The summed E-state index contributed by atoms with van der Waals surface area (Å²) in [5.41, 5.74) is 2.36. The molecule has 1 N–H and O–H groups in total. The zero-order valence-corrected chi connectivity index (χ0v) is 17.6. The monoisotopic (exact) mass is 414 g/mol. The molecule has 0 aromatic heterocycles. The molecule has 0 aliphatic rings. The number of carbonyl (C=O) groups excluding carboxylic acids is 3. The fourth-order valence-corrected chi connectivity index (χ4v) is 2.63. The van der Waals surface area contributed by atoms with Gasteiger partial charge in [-0.15, -0.1) is 0 Å². The van der Waals surface area contributed by atoms with E-state index < -0.39 is 18.5 Å². The van der Waals surface area contributed by atoms with Gasteiger partial charge >= 0.3 is 5.97 Å². The van der Waals surface area contributed by atoms with Crippen molar-refractivity contribution in [2.75, 3.05) is 34.4 Å². The molecule has 0 atom stereocenters. The number of methoxy groups -OCH3 is 2. The number of esters is 1. The molecule has 2 rings (SSSR count). The van der Waals surface area contributed by atoms with E-state index in [1.807, 2.05) is 31.2 Å². The van der Waals surface area contributed by atoms with Crippen molar-refractivity contribution in [2.45, 2.75) is 13.5 Å². The number of rotatable bonds is 9. The molecule has 0 fully saturated rings. The van der Waals surface area contributed by atoms with E-state index >= 15 is 0 Å². The Hall–Kier alpha value is -3.55. The van der Waals surface area contributed by atoms with Crippen LogP contribution in [0, 0.1) is 6.92 Å². The summed E-state index contributed by atoms with van der Waals surface area (Å²) in [5.74, 6) is -0.646. The molecule has 8 nitrogen and oxygen atoms in total. The molecule has 0 bridgehead atoms. The Bertz CT molecular complexity index is 890. The van der Waals surface area contributed by atoms with Crippen molar-refractivity contribution in [3.63, 3.8) is 0 Å². The van der Waals surface area contributed by atoms with Crippen LogP contribution in [0.25, 0.3) is 0 Å². The number of hydrogen-bond acceptors (Lipinski definition) is 6. The van der Waals surface area contributed by atoms with Gasteiger partial charge in [-0.05, 0) is 30.2 Å². The van der Waals surface area contributed by atoms with Crippen LogP contribution in [0.5, 0.6) is 11.5 Å². The first kappa shape index (κ1) is 22.7. The van der Waals surface area contributed by atoms with Crippen LogP contribution >= 0.6 is 0 Å². The lowest BCUT2D eigenvalue weighted by molar-refractivity contribution is -0.150. The van der Waals surface area contributed by atoms with Crippen molar-refractivity contribution >= 4 is 17.8 Å². The van der Waals surface area contributed by atoms with Gasteiger partial charge in [0.1, 0.15) is 18.0 Å². The third-order valence-electron chi connectivity index (χ3n) is 4.46. The average Bonchev–Trinajstić information content (AvgIpc) is 2.76. The zero-order valence-electron chi connectivity index (χ0n) is 17.6. The Morgan fingerprint density at radius 2 is 1.63 bits per heavy atom. The van der Waals surface area contributed by atoms with Crippen molar-refractivity contribution in [3.05, 3.63) is 59.2 Å². The van der Waals surface area contributed by atoms with E-state index in [4.69, 9.17) is 14.2 Å². The first-order valence-corrected chi connectivity index (χ1v) is 9.29. The average molecular weight is 414 g/mol. The molecule has 2 aromatic carbocycles. The number of benzene rings is 2. The van der Waals surface area contributed by atoms with E-state index in [1.54, 1.807) is 13.1 Å². The number of nitrogens with zero attached hydrogens (tertiary/aromatic N) is 1. The summed E-state index contributed by atoms with van der Waals surface area (Å²) in [6, 6.07) is 12.4. The summed E-state index contributed by atoms with van der Waals surface area (Å²) in [6.07, 6.45) is 0.